The topological polar surface area (TPSA) is 61.6 Å². The maximum atomic E-state index is 8.82. The van der Waals surface area contributed by atoms with Crippen LogP contribution in [0.5, 0.6) is 0 Å². The van der Waals surface area contributed by atoms with Crippen molar-refractivity contribution in [3.63, 3.8) is 0 Å². The van der Waals surface area contributed by atoms with E-state index in [1.54, 1.807) is 17.4 Å². The van der Waals surface area contributed by atoms with Gasteiger partial charge in [0, 0.05) is 12.2 Å². The molecule has 2 aromatic rings. The number of anilines is 1. The third kappa shape index (κ3) is 2.80. The fourth-order valence-electron chi connectivity index (χ4n) is 1.45. The first-order valence-corrected chi connectivity index (χ1v) is 6.14. The Bertz CT molecular complexity index is 568. The molecule has 0 aromatic carbocycles. The normalized spacial score (nSPS) is 9.94. The lowest BCUT2D eigenvalue weighted by Gasteiger charge is -2.05. The van der Waals surface area contributed by atoms with Crippen molar-refractivity contribution in [2.75, 3.05) is 5.32 Å². The van der Waals surface area contributed by atoms with Gasteiger partial charge in [0.05, 0.1) is 0 Å². The van der Waals surface area contributed by atoms with Crippen LogP contribution in [0.15, 0.2) is 16.8 Å². The maximum absolute atomic E-state index is 8.82. The lowest BCUT2D eigenvalue weighted by Crippen LogP contribution is -2.05. The van der Waals surface area contributed by atoms with Crippen LogP contribution >= 0.6 is 11.3 Å². The highest BCUT2D eigenvalue weighted by Crippen LogP contribution is 2.15. The zero-order valence-electron chi connectivity index (χ0n) is 9.69. The molecule has 2 heterocycles. The van der Waals surface area contributed by atoms with Crippen molar-refractivity contribution in [3.05, 3.63) is 39.3 Å². The van der Waals surface area contributed by atoms with Gasteiger partial charge in [0.15, 0.2) is 0 Å². The molecule has 0 aliphatic rings. The third-order valence-corrected chi connectivity index (χ3v) is 3.28. The van der Waals surface area contributed by atoms with Gasteiger partial charge in [0.1, 0.15) is 11.8 Å². The van der Waals surface area contributed by atoms with Crippen molar-refractivity contribution < 1.29 is 0 Å². The zero-order chi connectivity index (χ0) is 12.3. The summed E-state index contributed by atoms with van der Waals surface area (Å²) in [6.45, 7) is 4.61. The van der Waals surface area contributed by atoms with Crippen LogP contribution in [0, 0.1) is 25.2 Å². The van der Waals surface area contributed by atoms with Crippen molar-refractivity contribution >= 4 is 17.3 Å². The molecule has 0 spiro atoms. The second kappa shape index (κ2) is 4.93. The molecule has 86 valence electrons. The van der Waals surface area contributed by atoms with Gasteiger partial charge in [0.2, 0.25) is 5.95 Å². The first kappa shape index (κ1) is 11.6. The van der Waals surface area contributed by atoms with E-state index in [1.165, 1.54) is 11.1 Å². The minimum absolute atomic E-state index is 0.391. The largest absolute Gasteiger partial charge is 0.350 e. The molecule has 0 aliphatic heterocycles. The van der Waals surface area contributed by atoms with Crippen LogP contribution in [0.4, 0.5) is 5.95 Å². The van der Waals surface area contributed by atoms with Crippen LogP contribution in [0.1, 0.15) is 22.5 Å². The summed E-state index contributed by atoms with van der Waals surface area (Å²) in [6.07, 6.45) is 0. The summed E-state index contributed by atoms with van der Waals surface area (Å²) in [6, 6.07) is 3.69. The molecule has 1 N–H and O–H groups in total. The monoisotopic (exact) mass is 244 g/mol. The van der Waals surface area contributed by atoms with E-state index in [-0.39, 0.29) is 0 Å². The second-order valence-electron chi connectivity index (χ2n) is 3.76. The molecule has 5 heteroatoms. The molecule has 0 fully saturated rings. The van der Waals surface area contributed by atoms with E-state index in [2.05, 4.69) is 33.0 Å². The molecule has 0 bridgehead atoms. The Balaban J connectivity index is 2.12. The van der Waals surface area contributed by atoms with Crippen LogP contribution in [0.3, 0.4) is 0 Å². The van der Waals surface area contributed by atoms with Crippen LogP contribution in [-0.2, 0) is 6.54 Å². The smallest absolute Gasteiger partial charge is 0.224 e. The third-order valence-electron chi connectivity index (χ3n) is 2.37. The Morgan fingerprint density at radius 3 is 2.82 bits per heavy atom. The number of aryl methyl sites for hydroxylation is 2. The van der Waals surface area contributed by atoms with Gasteiger partial charge >= 0.3 is 0 Å². The van der Waals surface area contributed by atoms with E-state index in [0.29, 0.717) is 18.2 Å². The summed E-state index contributed by atoms with van der Waals surface area (Å²) in [4.78, 5) is 8.34. The molecular formula is C12H12N4S. The average molecular weight is 244 g/mol. The van der Waals surface area contributed by atoms with Gasteiger partial charge in [0.25, 0.3) is 0 Å². The molecule has 17 heavy (non-hydrogen) atoms. The fourth-order valence-corrected chi connectivity index (χ4v) is 2.30. The highest BCUT2D eigenvalue weighted by molar-refractivity contribution is 7.08. The highest BCUT2D eigenvalue weighted by atomic mass is 32.1. The van der Waals surface area contributed by atoms with Crippen molar-refractivity contribution in [2.24, 2.45) is 0 Å². The van der Waals surface area contributed by atoms with Gasteiger partial charge in [-0.3, -0.25) is 0 Å². The number of rotatable bonds is 3. The Kier molecular flexibility index (Phi) is 3.35. The molecule has 0 atom stereocenters. The van der Waals surface area contributed by atoms with Gasteiger partial charge in [-0.05, 0) is 41.8 Å². The summed E-state index contributed by atoms with van der Waals surface area (Å²) in [5.41, 5.74) is 3.68. The summed E-state index contributed by atoms with van der Waals surface area (Å²) < 4.78 is 0. The summed E-state index contributed by atoms with van der Waals surface area (Å²) in [5, 5.41) is 16.2. The first-order valence-electron chi connectivity index (χ1n) is 5.20. The molecule has 2 rings (SSSR count). The average Bonchev–Trinajstić information content (AvgIpc) is 2.71. The summed E-state index contributed by atoms with van der Waals surface area (Å²) >= 11 is 1.68. The Morgan fingerprint density at radius 1 is 1.35 bits per heavy atom. The van der Waals surface area contributed by atoms with Crippen molar-refractivity contribution in [1.82, 2.24) is 9.97 Å². The first-order chi connectivity index (χ1) is 8.19. The van der Waals surface area contributed by atoms with Crippen molar-refractivity contribution in [3.8, 4) is 6.07 Å². The summed E-state index contributed by atoms with van der Waals surface area (Å²) in [5.74, 6) is 0.507. The Morgan fingerprint density at radius 2 is 2.18 bits per heavy atom. The van der Waals surface area contributed by atoms with E-state index >= 15 is 0 Å². The lowest BCUT2D eigenvalue weighted by atomic mass is 10.2. The van der Waals surface area contributed by atoms with Crippen LogP contribution in [0.2, 0.25) is 0 Å². The molecule has 0 saturated heterocycles. The maximum Gasteiger partial charge on any atom is 0.224 e. The fraction of sp³-hybridized carbons (Fsp3) is 0.250. The molecule has 0 unspecified atom stereocenters. The lowest BCUT2D eigenvalue weighted by molar-refractivity contribution is 1.02. The Labute approximate surface area is 104 Å². The van der Waals surface area contributed by atoms with E-state index in [0.717, 1.165) is 5.69 Å². The second-order valence-corrected chi connectivity index (χ2v) is 4.51. The molecule has 0 saturated carbocycles. The van der Waals surface area contributed by atoms with Gasteiger partial charge in [-0.1, -0.05) is 0 Å². The summed E-state index contributed by atoms with van der Waals surface area (Å²) in [7, 11) is 0. The number of nitrogens with one attached hydrogen (secondary N) is 1. The molecule has 0 aliphatic carbocycles. The minimum atomic E-state index is 0.391. The highest BCUT2D eigenvalue weighted by Gasteiger charge is 2.03. The van der Waals surface area contributed by atoms with Gasteiger partial charge < -0.3 is 5.32 Å². The quantitative estimate of drug-likeness (QED) is 0.901. The van der Waals surface area contributed by atoms with E-state index in [1.807, 2.05) is 13.0 Å². The van der Waals surface area contributed by atoms with Crippen molar-refractivity contribution in [2.45, 2.75) is 20.4 Å². The molecule has 2 aromatic heterocycles. The number of thiophene rings is 1. The molecule has 0 amide bonds. The van der Waals surface area contributed by atoms with Crippen LogP contribution in [-0.4, -0.2) is 9.97 Å². The molecule has 0 radical (unpaired) electrons. The number of hydrogen-bond acceptors (Lipinski definition) is 5. The van der Waals surface area contributed by atoms with E-state index in [4.69, 9.17) is 5.26 Å². The minimum Gasteiger partial charge on any atom is -0.350 e. The number of nitriles is 1. The SMILES string of the molecule is Cc1cc(C#N)nc(NCc2cscc2C)n1. The number of hydrogen-bond donors (Lipinski definition) is 1. The number of aromatic nitrogens is 2. The molecular weight excluding hydrogens is 232 g/mol. The van der Waals surface area contributed by atoms with E-state index < -0.39 is 0 Å². The molecule has 4 nitrogen and oxygen atoms in total. The Hall–Kier alpha value is -1.93. The van der Waals surface area contributed by atoms with Crippen LogP contribution < -0.4 is 5.32 Å². The van der Waals surface area contributed by atoms with Crippen molar-refractivity contribution in [1.29, 1.82) is 5.26 Å². The van der Waals surface area contributed by atoms with Crippen LogP contribution in [0.25, 0.3) is 0 Å². The standard InChI is InChI=1S/C12H12N4S/c1-8-6-17-7-10(8)5-14-12-15-9(2)3-11(4-13)16-12/h3,6-7H,5H2,1-2H3,(H,14,15,16). The predicted molar refractivity (Wildman–Crippen MR) is 67.9 cm³/mol. The van der Waals surface area contributed by atoms with Gasteiger partial charge in [-0.15, -0.1) is 0 Å². The van der Waals surface area contributed by atoms with Gasteiger partial charge in [-0.2, -0.15) is 16.6 Å². The van der Waals surface area contributed by atoms with Gasteiger partial charge in [-0.25, -0.2) is 9.97 Å². The zero-order valence-corrected chi connectivity index (χ0v) is 10.5. The number of nitrogens with zero attached hydrogens (tertiary/aromatic N) is 3. The predicted octanol–water partition coefficient (Wildman–Crippen LogP) is 2.64. The van der Waals surface area contributed by atoms with E-state index in [9.17, 15) is 0 Å².